The summed E-state index contributed by atoms with van der Waals surface area (Å²) in [5.41, 5.74) is 13.2. The van der Waals surface area contributed by atoms with Gasteiger partial charge in [-0.2, -0.15) is 0 Å². The number of nitrogens with zero attached hydrogens (tertiary/aromatic N) is 4. The highest BCUT2D eigenvalue weighted by molar-refractivity contribution is 6.01. The van der Waals surface area contributed by atoms with Crippen molar-refractivity contribution in [1.29, 1.82) is 0 Å². The topological polar surface area (TPSA) is 70.3 Å². The number of nitrogen functional groups attached to an aromatic ring is 1. The maximum Gasteiger partial charge on any atom is 0.255 e. The van der Waals surface area contributed by atoms with Gasteiger partial charge in [0.05, 0.1) is 30.4 Å². The van der Waals surface area contributed by atoms with Crippen molar-refractivity contribution in [2.45, 2.75) is 20.8 Å². The van der Waals surface area contributed by atoms with E-state index < -0.39 is 0 Å². The van der Waals surface area contributed by atoms with E-state index in [0.29, 0.717) is 22.7 Å². The third kappa shape index (κ3) is 2.32. The molecule has 0 amide bonds. The summed E-state index contributed by atoms with van der Waals surface area (Å²) in [5.74, 6) is 1.10. The Morgan fingerprint density at radius 3 is 2.52 bits per heavy atom. The summed E-state index contributed by atoms with van der Waals surface area (Å²) in [6.07, 6.45) is 0. The number of nitrogens with two attached hydrogens (primary N) is 1. The van der Waals surface area contributed by atoms with Gasteiger partial charge in [-0.3, -0.25) is 9.55 Å². The maximum atomic E-state index is 7.63. The molecule has 0 aliphatic carbocycles. The van der Waals surface area contributed by atoms with Crippen LogP contribution in [-0.2, 0) is 0 Å². The van der Waals surface area contributed by atoms with Crippen LogP contribution in [0.15, 0.2) is 30.3 Å². The Balaban J connectivity index is 2.20. The lowest BCUT2D eigenvalue weighted by Gasteiger charge is -2.17. The van der Waals surface area contributed by atoms with Gasteiger partial charge in [0.2, 0.25) is 0 Å². The van der Waals surface area contributed by atoms with E-state index in [9.17, 15) is 0 Å². The van der Waals surface area contributed by atoms with Crippen molar-refractivity contribution >= 4 is 33.7 Å². The number of rotatable bonds is 2. The fourth-order valence-electron chi connectivity index (χ4n) is 3.58. The molecule has 0 aliphatic heterocycles. The average Bonchev–Trinajstić information content (AvgIpc) is 2.92. The normalized spacial score (nSPS) is 11.1. The molecule has 0 saturated carbocycles. The summed E-state index contributed by atoms with van der Waals surface area (Å²) in [6, 6.07) is 9.76. The lowest BCUT2D eigenvalue weighted by Crippen LogP contribution is -2.06. The number of aromatic nitrogens is 3. The van der Waals surface area contributed by atoms with Crippen molar-refractivity contribution in [2.24, 2.45) is 0 Å². The molecule has 2 N–H and O–H groups in total. The van der Waals surface area contributed by atoms with Crippen LogP contribution in [0.5, 0.6) is 5.75 Å². The predicted molar refractivity (Wildman–Crippen MR) is 108 cm³/mol. The highest BCUT2D eigenvalue weighted by Gasteiger charge is 2.23. The molecule has 6 nitrogen and oxygen atoms in total. The van der Waals surface area contributed by atoms with Crippen molar-refractivity contribution in [3.63, 3.8) is 0 Å². The van der Waals surface area contributed by atoms with E-state index in [4.69, 9.17) is 27.0 Å². The SMILES string of the molecule is [C-]#[N+]c1c(N)n(-c2c(C)ccc(OC)c2C)c2nc3cccc(C)c3nc12. The van der Waals surface area contributed by atoms with Gasteiger partial charge in [0, 0.05) is 5.56 Å². The highest BCUT2D eigenvalue weighted by Crippen LogP contribution is 2.40. The lowest BCUT2D eigenvalue weighted by atomic mass is 10.1. The van der Waals surface area contributed by atoms with Crippen LogP contribution in [0.25, 0.3) is 32.7 Å². The minimum Gasteiger partial charge on any atom is -0.496 e. The fraction of sp³-hybridized carbons (Fsp3) is 0.190. The summed E-state index contributed by atoms with van der Waals surface area (Å²) in [7, 11) is 1.64. The van der Waals surface area contributed by atoms with Gasteiger partial charge >= 0.3 is 0 Å². The molecule has 0 fully saturated rings. The third-order valence-electron chi connectivity index (χ3n) is 4.94. The van der Waals surface area contributed by atoms with Crippen LogP contribution in [-0.4, -0.2) is 21.6 Å². The van der Waals surface area contributed by atoms with Crippen LogP contribution >= 0.6 is 0 Å². The summed E-state index contributed by atoms with van der Waals surface area (Å²) in [6.45, 7) is 13.6. The first-order valence-electron chi connectivity index (χ1n) is 8.57. The van der Waals surface area contributed by atoms with Crippen LogP contribution in [0.1, 0.15) is 16.7 Å². The van der Waals surface area contributed by atoms with E-state index in [1.807, 2.05) is 55.7 Å². The monoisotopic (exact) mass is 357 g/mol. The molecule has 6 heteroatoms. The van der Waals surface area contributed by atoms with E-state index in [2.05, 4.69) is 4.85 Å². The Morgan fingerprint density at radius 2 is 1.81 bits per heavy atom. The van der Waals surface area contributed by atoms with Crippen molar-refractivity contribution in [2.75, 3.05) is 12.8 Å². The van der Waals surface area contributed by atoms with E-state index in [-0.39, 0.29) is 0 Å². The molecule has 4 aromatic rings. The summed E-state index contributed by atoms with van der Waals surface area (Å²) >= 11 is 0. The minimum absolute atomic E-state index is 0.323. The van der Waals surface area contributed by atoms with Gasteiger partial charge in [-0.25, -0.2) is 9.83 Å². The predicted octanol–water partition coefficient (Wildman–Crippen LogP) is 4.64. The van der Waals surface area contributed by atoms with Gasteiger partial charge in [-0.05, 0) is 44.0 Å². The van der Waals surface area contributed by atoms with Gasteiger partial charge < -0.3 is 10.5 Å². The molecule has 0 saturated heterocycles. The number of para-hydroxylation sites is 1. The van der Waals surface area contributed by atoms with Gasteiger partial charge in [-0.15, -0.1) is 0 Å². The molecule has 0 radical (unpaired) electrons. The van der Waals surface area contributed by atoms with Crippen LogP contribution in [0.4, 0.5) is 11.5 Å². The molecule has 27 heavy (non-hydrogen) atoms. The second kappa shape index (κ2) is 5.99. The van der Waals surface area contributed by atoms with Gasteiger partial charge in [0.15, 0.2) is 5.65 Å². The van der Waals surface area contributed by atoms with E-state index in [1.54, 1.807) is 7.11 Å². The molecule has 2 aromatic carbocycles. The first kappa shape index (κ1) is 16.9. The lowest BCUT2D eigenvalue weighted by molar-refractivity contribution is 0.411. The third-order valence-corrected chi connectivity index (χ3v) is 4.94. The zero-order valence-corrected chi connectivity index (χ0v) is 15.7. The summed E-state index contributed by atoms with van der Waals surface area (Å²) < 4.78 is 7.31. The summed E-state index contributed by atoms with van der Waals surface area (Å²) in [5, 5.41) is 0. The number of fused-ring (bicyclic) bond motifs is 2. The highest BCUT2D eigenvalue weighted by atomic mass is 16.5. The number of aryl methyl sites for hydroxylation is 2. The van der Waals surface area contributed by atoms with Crippen molar-refractivity contribution in [1.82, 2.24) is 14.5 Å². The molecule has 2 aromatic heterocycles. The Morgan fingerprint density at radius 1 is 1.04 bits per heavy atom. The second-order valence-corrected chi connectivity index (χ2v) is 6.58. The zero-order valence-electron chi connectivity index (χ0n) is 15.7. The number of ether oxygens (including phenoxy) is 1. The second-order valence-electron chi connectivity index (χ2n) is 6.58. The Hall–Kier alpha value is -3.59. The van der Waals surface area contributed by atoms with Crippen LogP contribution in [0, 0.1) is 27.3 Å². The van der Waals surface area contributed by atoms with Gasteiger partial charge in [-0.1, -0.05) is 18.2 Å². The minimum atomic E-state index is 0.323. The largest absolute Gasteiger partial charge is 0.496 e. The van der Waals surface area contributed by atoms with E-state index >= 15 is 0 Å². The molecule has 0 atom stereocenters. The fourth-order valence-corrected chi connectivity index (χ4v) is 3.58. The van der Waals surface area contributed by atoms with Crippen molar-refractivity contribution in [3.05, 3.63) is 58.4 Å². The molecular weight excluding hydrogens is 338 g/mol. The summed E-state index contributed by atoms with van der Waals surface area (Å²) in [4.78, 5) is 13.2. The molecule has 0 spiro atoms. The molecule has 0 aliphatic rings. The molecular formula is C21H19N5O. The Bertz CT molecular complexity index is 1260. The molecule has 2 heterocycles. The zero-order chi connectivity index (χ0) is 19.3. The number of methoxy groups -OCH3 is 1. The molecule has 4 rings (SSSR count). The van der Waals surface area contributed by atoms with Gasteiger partial charge in [0.1, 0.15) is 17.1 Å². The van der Waals surface area contributed by atoms with Crippen molar-refractivity contribution < 1.29 is 4.74 Å². The number of anilines is 1. The van der Waals surface area contributed by atoms with E-state index in [0.717, 1.165) is 39.2 Å². The molecule has 134 valence electrons. The number of benzene rings is 2. The van der Waals surface area contributed by atoms with Crippen LogP contribution in [0.2, 0.25) is 0 Å². The maximum absolute atomic E-state index is 7.63. The average molecular weight is 357 g/mol. The Labute approximate surface area is 157 Å². The standard InChI is InChI=1S/C21H19N5O/c1-11-7-6-8-14-16(11)25-18-17(23-4)20(22)26(21(18)24-14)19-12(2)9-10-15(27-5)13(19)3/h6-10H,22H2,1-3,5H3. The van der Waals surface area contributed by atoms with Crippen LogP contribution in [0.3, 0.4) is 0 Å². The number of hydrogen-bond donors (Lipinski definition) is 1. The quantitative estimate of drug-likeness (QED) is 0.531. The molecule has 0 unspecified atom stereocenters. The first-order valence-corrected chi connectivity index (χ1v) is 8.57. The van der Waals surface area contributed by atoms with Gasteiger partial charge in [0.25, 0.3) is 5.69 Å². The van der Waals surface area contributed by atoms with E-state index in [1.165, 1.54) is 0 Å². The number of hydrogen-bond acceptors (Lipinski definition) is 4. The first-order chi connectivity index (χ1) is 13.0. The van der Waals surface area contributed by atoms with Crippen molar-refractivity contribution in [3.8, 4) is 11.4 Å². The molecule has 0 bridgehead atoms. The Kier molecular flexibility index (Phi) is 3.74. The van der Waals surface area contributed by atoms with Crippen LogP contribution < -0.4 is 10.5 Å². The smallest absolute Gasteiger partial charge is 0.255 e.